The Balaban J connectivity index is 0.00000200. The second kappa shape index (κ2) is 7.98. The number of carbonyl (C=O) groups excluding carboxylic acids is 1. The summed E-state index contributed by atoms with van der Waals surface area (Å²) in [5.74, 6) is -0.0587. The van der Waals surface area contributed by atoms with Gasteiger partial charge in [-0.25, -0.2) is 0 Å². The van der Waals surface area contributed by atoms with Gasteiger partial charge in [-0.1, -0.05) is 12.1 Å². The lowest BCUT2D eigenvalue weighted by atomic mass is 9.98. The molecule has 1 aliphatic rings. The molecule has 1 atom stereocenters. The van der Waals surface area contributed by atoms with Crippen molar-refractivity contribution < 1.29 is 9.53 Å². The van der Waals surface area contributed by atoms with E-state index in [1.807, 2.05) is 24.3 Å². The monoisotopic (exact) mass is 362 g/mol. The summed E-state index contributed by atoms with van der Waals surface area (Å²) in [6, 6.07) is 7.43. The molecule has 0 spiro atoms. The van der Waals surface area contributed by atoms with Gasteiger partial charge in [0.1, 0.15) is 0 Å². The molecule has 0 aromatic heterocycles. The number of nitrogens with one attached hydrogen (secondary N) is 2. The summed E-state index contributed by atoms with van der Waals surface area (Å²) < 4.78 is 6.08. The van der Waals surface area contributed by atoms with Gasteiger partial charge < -0.3 is 15.4 Å². The van der Waals surface area contributed by atoms with Gasteiger partial charge in [0.2, 0.25) is 0 Å². The van der Waals surface area contributed by atoms with E-state index in [1.165, 1.54) is 0 Å². The fraction of sp³-hybridized carbons (Fsp3) is 0.500. The van der Waals surface area contributed by atoms with Crippen LogP contribution in [0.15, 0.2) is 28.7 Å². The molecule has 1 saturated heterocycles. The summed E-state index contributed by atoms with van der Waals surface area (Å²) in [6.07, 6.45) is 2.14. The van der Waals surface area contributed by atoms with E-state index in [1.54, 1.807) is 7.11 Å². The van der Waals surface area contributed by atoms with Crippen molar-refractivity contribution in [3.8, 4) is 0 Å². The number of benzene rings is 1. The molecule has 2 rings (SSSR count). The van der Waals surface area contributed by atoms with Crippen molar-refractivity contribution in [2.45, 2.75) is 18.4 Å². The highest BCUT2D eigenvalue weighted by molar-refractivity contribution is 9.10. The van der Waals surface area contributed by atoms with E-state index >= 15 is 0 Å². The van der Waals surface area contributed by atoms with E-state index < -0.39 is 0 Å². The van der Waals surface area contributed by atoms with Crippen molar-refractivity contribution in [1.29, 1.82) is 0 Å². The van der Waals surface area contributed by atoms with E-state index in [-0.39, 0.29) is 23.9 Å². The van der Waals surface area contributed by atoms with Crippen LogP contribution in [0.5, 0.6) is 0 Å². The minimum Gasteiger partial charge on any atom is -0.383 e. The van der Waals surface area contributed by atoms with Crippen LogP contribution in [0, 0.1) is 0 Å². The van der Waals surface area contributed by atoms with Crippen LogP contribution in [0.2, 0.25) is 0 Å². The second-order valence-corrected chi connectivity index (χ2v) is 5.76. The SMILES string of the molecule is COCC1(CNC(=O)c2ccccc2Br)CCCN1.Cl. The smallest absolute Gasteiger partial charge is 0.252 e. The Morgan fingerprint density at radius 3 is 2.85 bits per heavy atom. The molecular weight excluding hydrogens is 344 g/mol. The highest BCUT2D eigenvalue weighted by atomic mass is 79.9. The number of halogens is 2. The van der Waals surface area contributed by atoms with Crippen LogP contribution in [0.1, 0.15) is 23.2 Å². The lowest BCUT2D eigenvalue weighted by Gasteiger charge is -2.29. The van der Waals surface area contributed by atoms with Crippen molar-refractivity contribution in [1.82, 2.24) is 10.6 Å². The van der Waals surface area contributed by atoms with Gasteiger partial charge in [0.15, 0.2) is 0 Å². The van der Waals surface area contributed by atoms with Gasteiger partial charge in [-0.2, -0.15) is 0 Å². The van der Waals surface area contributed by atoms with Crippen molar-refractivity contribution in [2.75, 3.05) is 26.8 Å². The third-order valence-electron chi connectivity index (χ3n) is 3.46. The largest absolute Gasteiger partial charge is 0.383 e. The van der Waals surface area contributed by atoms with E-state index in [2.05, 4.69) is 26.6 Å². The summed E-state index contributed by atoms with van der Waals surface area (Å²) in [7, 11) is 1.69. The first-order chi connectivity index (χ1) is 9.17. The molecule has 20 heavy (non-hydrogen) atoms. The number of methoxy groups -OCH3 is 1. The third kappa shape index (κ3) is 4.19. The van der Waals surface area contributed by atoms with Crippen LogP contribution in [0.3, 0.4) is 0 Å². The second-order valence-electron chi connectivity index (χ2n) is 4.91. The molecule has 1 aromatic rings. The molecule has 1 heterocycles. The Labute approximate surface area is 134 Å². The first-order valence-electron chi connectivity index (χ1n) is 6.44. The molecule has 4 nitrogen and oxygen atoms in total. The first kappa shape index (κ1) is 17.4. The van der Waals surface area contributed by atoms with Crippen LogP contribution in [-0.2, 0) is 4.74 Å². The zero-order valence-electron chi connectivity index (χ0n) is 11.4. The van der Waals surface area contributed by atoms with E-state index in [9.17, 15) is 4.79 Å². The molecule has 0 saturated carbocycles. The van der Waals surface area contributed by atoms with Crippen molar-refractivity contribution in [2.24, 2.45) is 0 Å². The Kier molecular flexibility index (Phi) is 6.95. The minimum atomic E-state index is -0.119. The molecule has 0 aliphatic carbocycles. The first-order valence-corrected chi connectivity index (χ1v) is 7.23. The Morgan fingerprint density at radius 1 is 1.50 bits per heavy atom. The van der Waals surface area contributed by atoms with Gasteiger partial charge in [-0.05, 0) is 47.4 Å². The molecule has 1 aliphatic heterocycles. The Hall–Kier alpha value is -0.620. The Bertz CT molecular complexity index is 451. The van der Waals surface area contributed by atoms with Crippen LogP contribution >= 0.6 is 28.3 Å². The summed E-state index contributed by atoms with van der Waals surface area (Å²) in [5, 5.41) is 6.44. The van der Waals surface area contributed by atoms with E-state index in [4.69, 9.17) is 4.74 Å². The van der Waals surface area contributed by atoms with Crippen LogP contribution in [0.4, 0.5) is 0 Å². The number of rotatable bonds is 5. The quantitative estimate of drug-likeness (QED) is 0.844. The number of carbonyl (C=O) groups is 1. The maximum absolute atomic E-state index is 12.2. The van der Waals surface area contributed by atoms with E-state index in [0.717, 1.165) is 23.9 Å². The number of amides is 1. The maximum Gasteiger partial charge on any atom is 0.252 e. The molecular formula is C14H20BrClN2O2. The van der Waals surface area contributed by atoms with Gasteiger partial charge in [0, 0.05) is 18.1 Å². The molecule has 1 unspecified atom stereocenters. The lowest BCUT2D eigenvalue weighted by molar-refractivity contribution is 0.0891. The summed E-state index contributed by atoms with van der Waals surface area (Å²) in [5.41, 5.74) is 0.541. The predicted octanol–water partition coefficient (Wildman–Crippen LogP) is 2.37. The number of ether oxygens (including phenoxy) is 1. The van der Waals surface area contributed by atoms with Gasteiger partial charge in [0.05, 0.1) is 17.7 Å². The van der Waals surface area contributed by atoms with Gasteiger partial charge in [0.25, 0.3) is 5.91 Å². The minimum absolute atomic E-state index is 0. The predicted molar refractivity (Wildman–Crippen MR) is 85.6 cm³/mol. The third-order valence-corrected chi connectivity index (χ3v) is 4.15. The highest BCUT2D eigenvalue weighted by Gasteiger charge is 2.33. The van der Waals surface area contributed by atoms with Crippen LogP contribution in [0.25, 0.3) is 0 Å². The summed E-state index contributed by atoms with van der Waals surface area (Å²) in [6.45, 7) is 2.18. The molecule has 112 valence electrons. The average Bonchev–Trinajstić information content (AvgIpc) is 2.86. The topological polar surface area (TPSA) is 50.4 Å². The van der Waals surface area contributed by atoms with Crippen molar-refractivity contribution in [3.05, 3.63) is 34.3 Å². The normalized spacial score (nSPS) is 21.3. The molecule has 6 heteroatoms. The van der Waals surface area contributed by atoms with Gasteiger partial charge >= 0.3 is 0 Å². The van der Waals surface area contributed by atoms with Crippen LogP contribution in [-0.4, -0.2) is 38.3 Å². The zero-order chi connectivity index (χ0) is 13.7. The average molecular weight is 364 g/mol. The fourth-order valence-electron chi connectivity index (χ4n) is 2.46. The zero-order valence-corrected chi connectivity index (χ0v) is 13.9. The summed E-state index contributed by atoms with van der Waals surface area (Å²) >= 11 is 3.39. The highest BCUT2D eigenvalue weighted by Crippen LogP contribution is 2.20. The van der Waals surface area contributed by atoms with Crippen molar-refractivity contribution >= 4 is 34.2 Å². The molecule has 0 bridgehead atoms. The lowest BCUT2D eigenvalue weighted by Crippen LogP contribution is -2.53. The fourth-order valence-corrected chi connectivity index (χ4v) is 2.93. The van der Waals surface area contributed by atoms with Crippen LogP contribution < -0.4 is 10.6 Å². The molecule has 1 aromatic carbocycles. The molecule has 2 N–H and O–H groups in total. The Morgan fingerprint density at radius 2 is 2.25 bits per heavy atom. The van der Waals surface area contributed by atoms with Crippen molar-refractivity contribution in [3.63, 3.8) is 0 Å². The van der Waals surface area contributed by atoms with E-state index in [0.29, 0.717) is 18.7 Å². The molecule has 1 amide bonds. The molecule has 0 radical (unpaired) electrons. The number of hydrogen-bond donors (Lipinski definition) is 2. The standard InChI is InChI=1S/C14H19BrN2O2.ClH/c1-19-10-14(7-4-8-17-14)9-16-13(18)11-5-2-3-6-12(11)15;/h2-3,5-6,17H,4,7-10H2,1H3,(H,16,18);1H. The molecule has 1 fully saturated rings. The maximum atomic E-state index is 12.2. The van der Waals surface area contributed by atoms with Gasteiger partial charge in [-0.3, -0.25) is 4.79 Å². The summed E-state index contributed by atoms with van der Waals surface area (Å²) in [4.78, 5) is 12.2. The van der Waals surface area contributed by atoms with Gasteiger partial charge in [-0.15, -0.1) is 12.4 Å². The number of hydrogen-bond acceptors (Lipinski definition) is 3.